The van der Waals surface area contributed by atoms with Crippen LogP contribution in [0.5, 0.6) is 0 Å². The molecule has 21 heavy (non-hydrogen) atoms. The molecule has 112 valence electrons. The molecule has 0 aromatic heterocycles. The zero-order valence-electron chi connectivity index (χ0n) is 12.5. The van der Waals surface area contributed by atoms with Gasteiger partial charge in [-0.1, -0.05) is 37.3 Å². The Bertz CT molecular complexity index is 508. The van der Waals surface area contributed by atoms with Gasteiger partial charge in [0, 0.05) is 13.6 Å². The molecule has 0 aliphatic heterocycles. The van der Waals surface area contributed by atoms with E-state index in [0.717, 1.165) is 12.0 Å². The highest BCUT2D eigenvalue weighted by Gasteiger charge is 2.23. The third-order valence-corrected chi connectivity index (χ3v) is 3.07. The number of hydrogen-bond acceptors (Lipinski definition) is 3. The number of nitrogens with one attached hydrogen (secondary N) is 1. The Labute approximate surface area is 125 Å². The van der Waals surface area contributed by atoms with Gasteiger partial charge >= 0.3 is 0 Å². The third kappa shape index (κ3) is 5.65. The summed E-state index contributed by atoms with van der Waals surface area (Å²) in [5.41, 5.74) is 0.932. The molecular weight excluding hydrogens is 266 g/mol. The zero-order chi connectivity index (χ0) is 15.7. The molecule has 1 atom stereocenters. The van der Waals surface area contributed by atoms with Crippen LogP contribution in [-0.2, 0) is 16.0 Å². The van der Waals surface area contributed by atoms with Crippen molar-refractivity contribution in [3.8, 4) is 6.07 Å². The summed E-state index contributed by atoms with van der Waals surface area (Å²) in [4.78, 5) is 25.1. The predicted octanol–water partition coefficient (Wildman–Crippen LogP) is 1.35. The average molecular weight is 287 g/mol. The van der Waals surface area contributed by atoms with Crippen LogP contribution in [0.25, 0.3) is 0 Å². The van der Waals surface area contributed by atoms with Gasteiger partial charge in [-0.2, -0.15) is 5.26 Å². The number of carbonyl (C=O) groups is 2. The maximum atomic E-state index is 12.2. The van der Waals surface area contributed by atoms with Crippen LogP contribution in [-0.4, -0.2) is 36.9 Å². The minimum Gasteiger partial charge on any atom is -0.355 e. The fourth-order valence-corrected chi connectivity index (χ4v) is 1.92. The van der Waals surface area contributed by atoms with E-state index in [1.165, 1.54) is 4.90 Å². The van der Waals surface area contributed by atoms with Crippen LogP contribution in [0.2, 0.25) is 0 Å². The zero-order valence-corrected chi connectivity index (χ0v) is 12.5. The first-order chi connectivity index (χ1) is 10.1. The van der Waals surface area contributed by atoms with Crippen molar-refractivity contribution in [1.29, 1.82) is 5.26 Å². The van der Waals surface area contributed by atoms with E-state index in [1.807, 2.05) is 43.3 Å². The SMILES string of the molecule is CCCNC(=O)CN(C)C(=O)C(C#N)Cc1ccccc1. The van der Waals surface area contributed by atoms with Gasteiger partial charge in [0.2, 0.25) is 11.8 Å². The van der Waals surface area contributed by atoms with E-state index in [1.54, 1.807) is 7.05 Å². The van der Waals surface area contributed by atoms with Crippen LogP contribution >= 0.6 is 0 Å². The van der Waals surface area contributed by atoms with Gasteiger partial charge in [-0.15, -0.1) is 0 Å². The van der Waals surface area contributed by atoms with E-state index in [-0.39, 0.29) is 18.4 Å². The second-order valence-corrected chi connectivity index (χ2v) is 4.92. The Morgan fingerprint density at radius 1 is 1.33 bits per heavy atom. The lowest BCUT2D eigenvalue weighted by Crippen LogP contribution is -2.41. The van der Waals surface area contributed by atoms with Gasteiger partial charge in [0.15, 0.2) is 0 Å². The molecule has 1 unspecified atom stereocenters. The van der Waals surface area contributed by atoms with Gasteiger partial charge in [0.25, 0.3) is 0 Å². The fourth-order valence-electron chi connectivity index (χ4n) is 1.92. The molecule has 0 spiro atoms. The normalized spacial score (nSPS) is 11.3. The van der Waals surface area contributed by atoms with Crippen molar-refractivity contribution in [1.82, 2.24) is 10.2 Å². The minimum absolute atomic E-state index is 0.0220. The molecule has 0 radical (unpaired) electrons. The molecular formula is C16H21N3O2. The van der Waals surface area contributed by atoms with Crippen LogP contribution < -0.4 is 5.32 Å². The van der Waals surface area contributed by atoms with Crippen molar-refractivity contribution in [3.05, 3.63) is 35.9 Å². The molecule has 1 N–H and O–H groups in total. The van der Waals surface area contributed by atoms with Gasteiger partial charge in [-0.05, 0) is 18.4 Å². The lowest BCUT2D eigenvalue weighted by molar-refractivity contribution is -0.136. The van der Waals surface area contributed by atoms with Crippen LogP contribution in [0.1, 0.15) is 18.9 Å². The van der Waals surface area contributed by atoms with E-state index in [2.05, 4.69) is 5.32 Å². The van der Waals surface area contributed by atoms with Gasteiger partial charge in [-0.3, -0.25) is 9.59 Å². The highest BCUT2D eigenvalue weighted by Crippen LogP contribution is 2.10. The van der Waals surface area contributed by atoms with Gasteiger partial charge in [0.1, 0.15) is 5.92 Å². The molecule has 1 rings (SSSR count). The Kier molecular flexibility index (Phi) is 6.96. The van der Waals surface area contributed by atoms with Crippen molar-refractivity contribution in [2.24, 2.45) is 5.92 Å². The number of nitrogens with zero attached hydrogens (tertiary/aromatic N) is 2. The summed E-state index contributed by atoms with van der Waals surface area (Å²) in [6.07, 6.45) is 1.20. The first-order valence-corrected chi connectivity index (χ1v) is 7.03. The van der Waals surface area contributed by atoms with Crippen molar-refractivity contribution in [2.75, 3.05) is 20.1 Å². The van der Waals surface area contributed by atoms with Crippen LogP contribution in [0.4, 0.5) is 0 Å². The summed E-state index contributed by atoms with van der Waals surface area (Å²) in [6.45, 7) is 2.53. The maximum absolute atomic E-state index is 12.2. The highest BCUT2D eigenvalue weighted by molar-refractivity contribution is 5.87. The van der Waals surface area contributed by atoms with Gasteiger partial charge < -0.3 is 10.2 Å². The maximum Gasteiger partial charge on any atom is 0.240 e. The first kappa shape index (κ1) is 16.7. The lowest BCUT2D eigenvalue weighted by Gasteiger charge is -2.19. The smallest absolute Gasteiger partial charge is 0.240 e. The summed E-state index contributed by atoms with van der Waals surface area (Å²) in [7, 11) is 1.54. The summed E-state index contributed by atoms with van der Waals surface area (Å²) in [5, 5.41) is 11.9. The number of likely N-dealkylation sites (N-methyl/N-ethyl adjacent to an activating group) is 1. The number of carbonyl (C=O) groups excluding carboxylic acids is 2. The molecule has 0 aliphatic carbocycles. The molecule has 0 saturated carbocycles. The summed E-state index contributed by atoms with van der Waals surface area (Å²) in [6, 6.07) is 11.4. The Balaban J connectivity index is 2.58. The van der Waals surface area contributed by atoms with E-state index < -0.39 is 5.92 Å². The molecule has 5 heteroatoms. The summed E-state index contributed by atoms with van der Waals surface area (Å²) >= 11 is 0. The predicted molar refractivity (Wildman–Crippen MR) is 80.2 cm³/mol. The topological polar surface area (TPSA) is 73.2 Å². The number of hydrogen-bond donors (Lipinski definition) is 1. The lowest BCUT2D eigenvalue weighted by atomic mass is 9.99. The third-order valence-electron chi connectivity index (χ3n) is 3.07. The van der Waals surface area contributed by atoms with Crippen LogP contribution in [0.15, 0.2) is 30.3 Å². The molecule has 1 aromatic rings. The number of amides is 2. The van der Waals surface area contributed by atoms with Crippen molar-refractivity contribution in [3.63, 3.8) is 0 Å². The average Bonchev–Trinajstić information content (AvgIpc) is 2.50. The Morgan fingerprint density at radius 2 is 2.00 bits per heavy atom. The van der Waals surface area contributed by atoms with Gasteiger partial charge in [0.05, 0.1) is 12.6 Å². The number of nitriles is 1. The molecule has 1 aromatic carbocycles. The molecule has 0 fully saturated rings. The standard InChI is InChI=1S/C16H21N3O2/c1-3-9-18-15(20)12-19(2)16(21)14(11-17)10-13-7-5-4-6-8-13/h4-8,14H,3,9-10,12H2,1-2H3,(H,18,20). The van der Waals surface area contributed by atoms with Crippen molar-refractivity contribution in [2.45, 2.75) is 19.8 Å². The molecule has 2 amide bonds. The molecule has 0 heterocycles. The second-order valence-electron chi connectivity index (χ2n) is 4.92. The number of benzene rings is 1. The van der Waals surface area contributed by atoms with Crippen LogP contribution in [0, 0.1) is 17.2 Å². The largest absolute Gasteiger partial charge is 0.355 e. The van der Waals surface area contributed by atoms with E-state index >= 15 is 0 Å². The Morgan fingerprint density at radius 3 is 2.57 bits per heavy atom. The second kappa shape index (κ2) is 8.75. The highest BCUT2D eigenvalue weighted by atomic mass is 16.2. The fraction of sp³-hybridized carbons (Fsp3) is 0.438. The number of rotatable bonds is 7. The molecule has 0 aliphatic rings. The van der Waals surface area contributed by atoms with E-state index in [9.17, 15) is 14.9 Å². The van der Waals surface area contributed by atoms with Gasteiger partial charge in [-0.25, -0.2) is 0 Å². The molecule has 0 bridgehead atoms. The van der Waals surface area contributed by atoms with E-state index in [0.29, 0.717) is 13.0 Å². The Hall–Kier alpha value is -2.35. The first-order valence-electron chi connectivity index (χ1n) is 7.03. The monoisotopic (exact) mass is 287 g/mol. The van der Waals surface area contributed by atoms with E-state index in [4.69, 9.17) is 0 Å². The molecule has 5 nitrogen and oxygen atoms in total. The van der Waals surface area contributed by atoms with Crippen molar-refractivity contribution >= 4 is 11.8 Å². The van der Waals surface area contributed by atoms with Crippen molar-refractivity contribution < 1.29 is 9.59 Å². The summed E-state index contributed by atoms with van der Waals surface area (Å²) in [5.74, 6) is -1.30. The summed E-state index contributed by atoms with van der Waals surface area (Å²) < 4.78 is 0. The quantitative estimate of drug-likeness (QED) is 0.822. The molecule has 0 saturated heterocycles. The van der Waals surface area contributed by atoms with Crippen LogP contribution in [0.3, 0.4) is 0 Å². The minimum atomic E-state index is -0.767.